The second kappa shape index (κ2) is 7.07. The van der Waals surface area contributed by atoms with E-state index in [1.165, 1.54) is 32.1 Å². The van der Waals surface area contributed by atoms with Crippen LogP contribution < -0.4 is 5.32 Å². The molecule has 0 atom stereocenters. The van der Waals surface area contributed by atoms with E-state index in [9.17, 15) is 4.79 Å². The van der Waals surface area contributed by atoms with Crippen molar-refractivity contribution in [1.29, 1.82) is 0 Å². The van der Waals surface area contributed by atoms with E-state index in [1.54, 1.807) is 30.3 Å². The van der Waals surface area contributed by atoms with Crippen molar-refractivity contribution >= 4 is 27.3 Å². The number of hydrogen-bond donors (Lipinski definition) is 1. The molecule has 1 aliphatic rings. The van der Waals surface area contributed by atoms with Gasteiger partial charge in [-0.05, 0) is 25.0 Å². The molecule has 1 amide bonds. The number of fused-ring (bicyclic) bond motifs is 1. The van der Waals surface area contributed by atoms with Crippen LogP contribution in [-0.4, -0.2) is 45.5 Å². The molecule has 0 bridgehead atoms. The third kappa shape index (κ3) is 3.31. The molecule has 0 aliphatic heterocycles. The van der Waals surface area contributed by atoms with Gasteiger partial charge in [0.05, 0.1) is 11.9 Å². The molecular formula is C19H23N5OS. The summed E-state index contributed by atoms with van der Waals surface area (Å²) in [7, 11) is 3.52. The lowest BCUT2D eigenvalue weighted by Crippen LogP contribution is -2.22. The summed E-state index contributed by atoms with van der Waals surface area (Å²) >= 11 is 1.58. The number of carbonyl (C=O) groups is 1. The second-order valence-corrected chi connectivity index (χ2v) is 7.96. The Balaban J connectivity index is 1.63. The first-order chi connectivity index (χ1) is 12.6. The quantitative estimate of drug-likeness (QED) is 0.757. The molecular weight excluding hydrogens is 346 g/mol. The number of nitrogens with one attached hydrogen (secondary N) is 1. The van der Waals surface area contributed by atoms with Gasteiger partial charge in [0.25, 0.3) is 5.91 Å². The SMILES string of the molecule is CN(C)C(=O)c1cccc(-c2cnc3sc(NC4CCCCC4)nn23)c1. The van der Waals surface area contributed by atoms with Crippen molar-refractivity contribution in [3.8, 4) is 11.3 Å². The largest absolute Gasteiger partial charge is 0.357 e. The molecule has 7 heteroatoms. The van der Waals surface area contributed by atoms with E-state index in [4.69, 9.17) is 5.10 Å². The molecule has 0 radical (unpaired) electrons. The van der Waals surface area contributed by atoms with Crippen molar-refractivity contribution in [2.24, 2.45) is 0 Å². The second-order valence-electron chi connectivity index (χ2n) is 7.00. The van der Waals surface area contributed by atoms with E-state index in [0.717, 1.165) is 21.3 Å². The Morgan fingerprint density at radius 3 is 2.85 bits per heavy atom. The Morgan fingerprint density at radius 1 is 1.27 bits per heavy atom. The first-order valence-corrected chi connectivity index (χ1v) is 9.86. The molecule has 1 aromatic carbocycles. The summed E-state index contributed by atoms with van der Waals surface area (Å²) < 4.78 is 1.87. The van der Waals surface area contributed by atoms with Crippen LogP contribution in [0.3, 0.4) is 0 Å². The van der Waals surface area contributed by atoms with Crippen LogP contribution in [0.1, 0.15) is 42.5 Å². The Kier molecular flexibility index (Phi) is 4.63. The monoisotopic (exact) mass is 369 g/mol. The molecule has 1 saturated carbocycles. The lowest BCUT2D eigenvalue weighted by Gasteiger charge is -2.21. The highest BCUT2D eigenvalue weighted by Gasteiger charge is 2.17. The highest BCUT2D eigenvalue weighted by molar-refractivity contribution is 7.20. The molecule has 3 aromatic rings. The van der Waals surface area contributed by atoms with Gasteiger partial charge in [0, 0.05) is 31.3 Å². The maximum atomic E-state index is 12.2. The fraction of sp³-hybridized carbons (Fsp3) is 0.421. The van der Waals surface area contributed by atoms with Gasteiger partial charge in [-0.3, -0.25) is 4.79 Å². The fourth-order valence-electron chi connectivity index (χ4n) is 3.44. The average Bonchev–Trinajstić information content (AvgIpc) is 3.22. The molecule has 1 N–H and O–H groups in total. The minimum Gasteiger partial charge on any atom is -0.357 e. The summed E-state index contributed by atoms with van der Waals surface area (Å²) in [6, 6.07) is 8.15. The lowest BCUT2D eigenvalue weighted by molar-refractivity contribution is 0.0827. The van der Waals surface area contributed by atoms with E-state index < -0.39 is 0 Å². The number of anilines is 1. The predicted octanol–water partition coefficient (Wildman–Crippen LogP) is 3.90. The zero-order valence-electron chi connectivity index (χ0n) is 15.1. The standard InChI is InChI=1S/C19H23N5OS/c1-23(2)17(25)14-8-6-7-13(11-14)16-12-20-19-24(16)22-18(26-19)21-15-9-4-3-5-10-15/h6-8,11-12,15H,3-5,9-10H2,1-2H3,(H,21,22). The van der Waals surface area contributed by atoms with Crippen molar-refractivity contribution in [1.82, 2.24) is 19.5 Å². The average molecular weight is 369 g/mol. The molecule has 1 aliphatic carbocycles. The number of amides is 1. The van der Waals surface area contributed by atoms with Crippen LogP contribution in [0.5, 0.6) is 0 Å². The van der Waals surface area contributed by atoms with E-state index in [2.05, 4.69) is 10.3 Å². The van der Waals surface area contributed by atoms with Crippen LogP contribution in [0, 0.1) is 0 Å². The Labute approximate surface area is 156 Å². The van der Waals surface area contributed by atoms with Crippen molar-refractivity contribution in [2.75, 3.05) is 19.4 Å². The summed E-state index contributed by atoms with van der Waals surface area (Å²) in [5.41, 5.74) is 2.51. The van der Waals surface area contributed by atoms with Crippen molar-refractivity contribution in [3.63, 3.8) is 0 Å². The Bertz CT molecular complexity index is 923. The van der Waals surface area contributed by atoms with Gasteiger partial charge in [-0.2, -0.15) is 0 Å². The van der Waals surface area contributed by atoms with Gasteiger partial charge in [0.2, 0.25) is 10.1 Å². The van der Waals surface area contributed by atoms with Crippen molar-refractivity contribution in [2.45, 2.75) is 38.1 Å². The van der Waals surface area contributed by atoms with Crippen LogP contribution in [0.4, 0.5) is 5.13 Å². The Hall–Kier alpha value is -2.41. The van der Waals surface area contributed by atoms with Gasteiger partial charge in [-0.25, -0.2) is 9.50 Å². The number of rotatable bonds is 4. The van der Waals surface area contributed by atoms with Crippen LogP contribution in [-0.2, 0) is 0 Å². The fourth-order valence-corrected chi connectivity index (χ4v) is 4.29. The van der Waals surface area contributed by atoms with E-state index in [-0.39, 0.29) is 5.91 Å². The van der Waals surface area contributed by atoms with Crippen LogP contribution >= 0.6 is 11.3 Å². The molecule has 0 unspecified atom stereocenters. The number of benzene rings is 1. The maximum Gasteiger partial charge on any atom is 0.253 e. The topological polar surface area (TPSA) is 62.5 Å². The number of hydrogen-bond acceptors (Lipinski definition) is 5. The molecule has 2 heterocycles. The first-order valence-electron chi connectivity index (χ1n) is 9.05. The van der Waals surface area contributed by atoms with E-state index in [1.807, 2.05) is 35.0 Å². The van der Waals surface area contributed by atoms with Gasteiger partial charge in [-0.15, -0.1) is 5.10 Å². The van der Waals surface area contributed by atoms with Gasteiger partial charge in [-0.1, -0.05) is 42.7 Å². The molecule has 6 nitrogen and oxygen atoms in total. The van der Waals surface area contributed by atoms with E-state index in [0.29, 0.717) is 11.6 Å². The number of aromatic nitrogens is 3. The molecule has 26 heavy (non-hydrogen) atoms. The minimum absolute atomic E-state index is 0.00876. The summed E-state index contributed by atoms with van der Waals surface area (Å²) in [6.45, 7) is 0. The number of nitrogens with zero attached hydrogens (tertiary/aromatic N) is 4. The third-order valence-corrected chi connectivity index (χ3v) is 5.68. The summed E-state index contributed by atoms with van der Waals surface area (Å²) in [6.07, 6.45) is 8.16. The Morgan fingerprint density at radius 2 is 2.08 bits per heavy atom. The van der Waals surface area contributed by atoms with Gasteiger partial charge in [0.15, 0.2) is 0 Å². The van der Waals surface area contributed by atoms with Gasteiger partial charge < -0.3 is 10.2 Å². The van der Waals surface area contributed by atoms with E-state index >= 15 is 0 Å². The van der Waals surface area contributed by atoms with Crippen molar-refractivity contribution in [3.05, 3.63) is 36.0 Å². The maximum absolute atomic E-state index is 12.2. The zero-order valence-corrected chi connectivity index (χ0v) is 15.9. The first kappa shape index (κ1) is 17.0. The van der Waals surface area contributed by atoms with Gasteiger partial charge >= 0.3 is 0 Å². The molecule has 136 valence electrons. The summed E-state index contributed by atoms with van der Waals surface area (Å²) in [5.74, 6) is -0.00876. The molecule has 2 aromatic heterocycles. The van der Waals surface area contributed by atoms with Crippen LogP contribution in [0.15, 0.2) is 30.5 Å². The molecule has 4 rings (SSSR count). The zero-order chi connectivity index (χ0) is 18.1. The van der Waals surface area contributed by atoms with Crippen LogP contribution in [0.25, 0.3) is 16.2 Å². The predicted molar refractivity (Wildman–Crippen MR) is 105 cm³/mol. The molecule has 0 spiro atoms. The highest BCUT2D eigenvalue weighted by Crippen LogP contribution is 2.29. The normalized spacial score (nSPS) is 15.3. The minimum atomic E-state index is -0.00876. The van der Waals surface area contributed by atoms with Crippen LogP contribution in [0.2, 0.25) is 0 Å². The molecule has 0 saturated heterocycles. The molecule has 1 fully saturated rings. The smallest absolute Gasteiger partial charge is 0.253 e. The van der Waals surface area contributed by atoms with Crippen molar-refractivity contribution < 1.29 is 4.79 Å². The number of imidazole rings is 1. The summed E-state index contributed by atoms with van der Waals surface area (Å²) in [4.78, 5) is 19.2. The lowest BCUT2D eigenvalue weighted by atomic mass is 9.96. The van der Waals surface area contributed by atoms with Gasteiger partial charge in [0.1, 0.15) is 0 Å². The third-order valence-electron chi connectivity index (χ3n) is 4.83. The number of carbonyl (C=O) groups excluding carboxylic acids is 1. The highest BCUT2D eigenvalue weighted by atomic mass is 32.1. The summed E-state index contributed by atoms with van der Waals surface area (Å²) in [5, 5.41) is 9.20.